The number of hydrogen-bond acceptors (Lipinski definition) is 5. The largest absolute Gasteiger partial charge is 0.497 e. The molecule has 0 amide bonds. The third-order valence-corrected chi connectivity index (χ3v) is 6.35. The summed E-state index contributed by atoms with van der Waals surface area (Å²) in [6.45, 7) is 2.88. The molecule has 1 atom stereocenters. The summed E-state index contributed by atoms with van der Waals surface area (Å²) in [5, 5.41) is 10.9. The van der Waals surface area contributed by atoms with Crippen molar-refractivity contribution in [2.75, 3.05) is 20.2 Å². The third kappa shape index (κ3) is 4.42. The summed E-state index contributed by atoms with van der Waals surface area (Å²) in [6, 6.07) is 19.8. The van der Waals surface area contributed by atoms with Crippen molar-refractivity contribution in [2.24, 2.45) is 0 Å². The molecule has 0 fully saturated rings. The maximum atomic E-state index is 13.3. The lowest BCUT2D eigenvalue weighted by atomic mass is 10.00. The molecule has 0 spiro atoms. The molecule has 1 aliphatic heterocycles. The van der Waals surface area contributed by atoms with Crippen LogP contribution in [0.3, 0.4) is 0 Å². The van der Waals surface area contributed by atoms with Crippen molar-refractivity contribution in [1.82, 2.24) is 19.0 Å². The third-order valence-electron chi connectivity index (χ3n) is 6.35. The molecule has 0 bridgehead atoms. The van der Waals surface area contributed by atoms with Crippen molar-refractivity contribution >= 4 is 11.2 Å². The van der Waals surface area contributed by atoms with Gasteiger partial charge in [0.25, 0.3) is 0 Å². The fourth-order valence-corrected chi connectivity index (χ4v) is 4.66. The fourth-order valence-electron chi connectivity index (χ4n) is 4.66. The fraction of sp³-hybridized carbons (Fsp3) is 0.308. The second kappa shape index (κ2) is 9.21. The highest BCUT2D eigenvalue weighted by molar-refractivity contribution is 5.71. The van der Waals surface area contributed by atoms with Gasteiger partial charge in [0.05, 0.1) is 31.8 Å². The number of aliphatic hydroxyl groups is 1. The standard InChI is InChI=1S/C26H28N4O3/c1-33-23-10-8-19(9-11-23)15-30-25-24(7-4-13-27-25)29(26(30)32)18-22(31)17-28-14-12-20-5-2-3-6-21(20)16-28/h2-11,13,22,31H,12,14-18H2,1H3. The Labute approximate surface area is 192 Å². The summed E-state index contributed by atoms with van der Waals surface area (Å²) >= 11 is 0. The van der Waals surface area contributed by atoms with Gasteiger partial charge < -0.3 is 9.84 Å². The van der Waals surface area contributed by atoms with Gasteiger partial charge in [-0.05, 0) is 47.4 Å². The molecule has 2 aromatic heterocycles. The van der Waals surface area contributed by atoms with Crippen LogP contribution in [0.15, 0.2) is 71.7 Å². The molecule has 1 N–H and O–H groups in total. The Hall–Kier alpha value is -3.42. The molecule has 4 aromatic rings. The van der Waals surface area contributed by atoms with Crippen LogP contribution in [0.4, 0.5) is 0 Å². The van der Waals surface area contributed by atoms with Gasteiger partial charge in [-0.1, -0.05) is 36.4 Å². The van der Waals surface area contributed by atoms with E-state index in [0.717, 1.165) is 36.3 Å². The van der Waals surface area contributed by atoms with Gasteiger partial charge in [0.15, 0.2) is 5.65 Å². The zero-order chi connectivity index (χ0) is 22.8. The zero-order valence-corrected chi connectivity index (χ0v) is 18.7. The second-order valence-corrected chi connectivity index (χ2v) is 8.58. The van der Waals surface area contributed by atoms with Crippen molar-refractivity contribution < 1.29 is 9.84 Å². The number of imidazole rings is 1. The van der Waals surface area contributed by atoms with Gasteiger partial charge in [-0.15, -0.1) is 0 Å². The van der Waals surface area contributed by atoms with Crippen LogP contribution in [0.2, 0.25) is 0 Å². The van der Waals surface area contributed by atoms with Crippen LogP contribution in [0, 0.1) is 0 Å². The number of pyridine rings is 1. The number of methoxy groups -OCH3 is 1. The molecule has 0 saturated carbocycles. The number of hydrogen-bond donors (Lipinski definition) is 1. The molecule has 2 aromatic carbocycles. The van der Waals surface area contributed by atoms with Crippen LogP contribution >= 0.6 is 0 Å². The number of β-amino-alcohol motifs (C(OH)–C–C–N with tert-alkyl or cyclic N) is 1. The van der Waals surface area contributed by atoms with Crippen LogP contribution in [-0.4, -0.2) is 50.4 Å². The Morgan fingerprint density at radius 1 is 1.00 bits per heavy atom. The van der Waals surface area contributed by atoms with E-state index >= 15 is 0 Å². The van der Waals surface area contributed by atoms with Crippen molar-refractivity contribution in [3.8, 4) is 5.75 Å². The lowest BCUT2D eigenvalue weighted by molar-refractivity contribution is 0.0918. The van der Waals surface area contributed by atoms with Gasteiger partial charge in [-0.25, -0.2) is 9.78 Å². The number of aromatic nitrogens is 3. The first-order chi connectivity index (χ1) is 16.1. The van der Waals surface area contributed by atoms with Crippen molar-refractivity contribution in [1.29, 1.82) is 0 Å². The van der Waals surface area contributed by atoms with Crippen molar-refractivity contribution in [3.05, 3.63) is 94.0 Å². The van der Waals surface area contributed by atoms with Gasteiger partial charge in [0.2, 0.25) is 0 Å². The summed E-state index contributed by atoms with van der Waals surface area (Å²) in [7, 11) is 1.63. The Morgan fingerprint density at radius 2 is 1.79 bits per heavy atom. The smallest absolute Gasteiger partial charge is 0.330 e. The summed E-state index contributed by atoms with van der Waals surface area (Å²) in [5.41, 5.74) is 4.87. The second-order valence-electron chi connectivity index (χ2n) is 8.58. The molecule has 5 rings (SSSR count). The molecule has 33 heavy (non-hydrogen) atoms. The monoisotopic (exact) mass is 444 g/mol. The Balaban J connectivity index is 1.36. The number of nitrogens with zero attached hydrogens (tertiary/aromatic N) is 4. The highest BCUT2D eigenvalue weighted by Gasteiger charge is 2.21. The lowest BCUT2D eigenvalue weighted by Gasteiger charge is -2.30. The summed E-state index contributed by atoms with van der Waals surface area (Å²) < 4.78 is 8.54. The molecule has 0 aliphatic carbocycles. The molecular weight excluding hydrogens is 416 g/mol. The SMILES string of the molecule is COc1ccc(Cn2c(=O)n(CC(O)CN3CCc4ccccc4C3)c3cccnc32)cc1. The number of ether oxygens (including phenoxy) is 1. The predicted molar refractivity (Wildman–Crippen MR) is 128 cm³/mol. The molecule has 1 aliphatic rings. The van der Waals surface area contributed by atoms with E-state index in [9.17, 15) is 9.90 Å². The van der Waals surface area contributed by atoms with E-state index in [1.807, 2.05) is 36.4 Å². The van der Waals surface area contributed by atoms with Crippen LogP contribution in [0.5, 0.6) is 5.75 Å². The minimum absolute atomic E-state index is 0.164. The highest BCUT2D eigenvalue weighted by atomic mass is 16.5. The highest BCUT2D eigenvalue weighted by Crippen LogP contribution is 2.19. The van der Waals surface area contributed by atoms with Gasteiger partial charge >= 0.3 is 5.69 Å². The molecule has 7 heteroatoms. The quantitative estimate of drug-likeness (QED) is 0.475. The number of fused-ring (bicyclic) bond motifs is 2. The Bertz CT molecular complexity index is 1310. The molecule has 170 valence electrons. The van der Waals surface area contributed by atoms with E-state index in [0.29, 0.717) is 18.7 Å². The lowest BCUT2D eigenvalue weighted by Crippen LogP contribution is -2.39. The predicted octanol–water partition coefficient (Wildman–Crippen LogP) is 2.67. The number of rotatable bonds is 7. The average Bonchev–Trinajstić information content (AvgIpc) is 3.10. The topological polar surface area (TPSA) is 72.5 Å². The average molecular weight is 445 g/mol. The minimum Gasteiger partial charge on any atom is -0.497 e. The molecule has 7 nitrogen and oxygen atoms in total. The maximum Gasteiger partial charge on any atom is 0.330 e. The first-order valence-corrected chi connectivity index (χ1v) is 11.3. The van der Waals surface area contributed by atoms with Gasteiger partial charge in [0.1, 0.15) is 5.75 Å². The van der Waals surface area contributed by atoms with Gasteiger partial charge in [-0.2, -0.15) is 0 Å². The van der Waals surface area contributed by atoms with E-state index in [-0.39, 0.29) is 12.2 Å². The van der Waals surface area contributed by atoms with Crippen LogP contribution < -0.4 is 10.4 Å². The molecule has 0 saturated heterocycles. The molecular formula is C26H28N4O3. The van der Waals surface area contributed by atoms with E-state index in [4.69, 9.17) is 4.74 Å². The molecule has 1 unspecified atom stereocenters. The van der Waals surface area contributed by atoms with Crippen LogP contribution in [0.25, 0.3) is 11.2 Å². The molecule has 0 radical (unpaired) electrons. The van der Waals surface area contributed by atoms with Gasteiger partial charge in [-0.3, -0.25) is 14.0 Å². The van der Waals surface area contributed by atoms with Crippen molar-refractivity contribution in [2.45, 2.75) is 32.2 Å². The number of benzene rings is 2. The molecule has 3 heterocycles. The summed E-state index contributed by atoms with van der Waals surface area (Å²) in [6.07, 6.45) is 2.01. The van der Waals surface area contributed by atoms with Crippen molar-refractivity contribution in [3.63, 3.8) is 0 Å². The van der Waals surface area contributed by atoms with E-state index in [1.165, 1.54) is 11.1 Å². The Morgan fingerprint density at radius 3 is 2.58 bits per heavy atom. The summed E-state index contributed by atoms with van der Waals surface area (Å²) in [5.74, 6) is 0.773. The summed E-state index contributed by atoms with van der Waals surface area (Å²) in [4.78, 5) is 20.1. The van der Waals surface area contributed by atoms with Gasteiger partial charge in [0, 0.05) is 25.8 Å². The van der Waals surface area contributed by atoms with Crippen LogP contribution in [-0.2, 0) is 26.1 Å². The zero-order valence-electron chi connectivity index (χ0n) is 18.7. The van der Waals surface area contributed by atoms with E-state index in [1.54, 1.807) is 22.4 Å². The van der Waals surface area contributed by atoms with E-state index in [2.05, 4.69) is 34.1 Å². The normalized spacial score (nSPS) is 14.8. The van der Waals surface area contributed by atoms with E-state index < -0.39 is 6.10 Å². The number of aliphatic hydroxyl groups excluding tert-OH is 1. The first kappa shape index (κ1) is 21.4. The maximum absolute atomic E-state index is 13.3. The Kier molecular flexibility index (Phi) is 5.98. The first-order valence-electron chi connectivity index (χ1n) is 11.3. The minimum atomic E-state index is -0.659. The van der Waals surface area contributed by atoms with Crippen LogP contribution in [0.1, 0.15) is 16.7 Å².